The number of rotatable bonds is 4. The number of carbonyl (C=O) groups is 4. The zero-order chi connectivity index (χ0) is 17.9. The summed E-state index contributed by atoms with van der Waals surface area (Å²) < 4.78 is 4.82. The van der Waals surface area contributed by atoms with Gasteiger partial charge in [0, 0.05) is 6.20 Å². The molecule has 2 N–H and O–H groups in total. The van der Waals surface area contributed by atoms with Crippen molar-refractivity contribution in [1.82, 2.24) is 20.7 Å². The number of aromatic nitrogens is 1. The van der Waals surface area contributed by atoms with Gasteiger partial charge in [0.25, 0.3) is 11.8 Å². The molecule has 1 aliphatic carbocycles. The highest BCUT2D eigenvalue weighted by atomic mass is 16.5. The molecule has 1 aromatic rings. The molecule has 9 heteroatoms. The van der Waals surface area contributed by atoms with Gasteiger partial charge in [-0.15, -0.1) is 0 Å². The zero-order valence-electron chi connectivity index (χ0n) is 13.5. The predicted molar refractivity (Wildman–Crippen MR) is 83.9 cm³/mol. The van der Waals surface area contributed by atoms with Crippen LogP contribution in [0, 0.1) is 0 Å². The Labute approximate surface area is 143 Å². The van der Waals surface area contributed by atoms with Crippen molar-refractivity contribution >= 4 is 23.8 Å². The number of imide groups is 1. The summed E-state index contributed by atoms with van der Waals surface area (Å²) in [7, 11) is 0. The van der Waals surface area contributed by atoms with E-state index in [9.17, 15) is 19.2 Å². The minimum atomic E-state index is -0.923. The van der Waals surface area contributed by atoms with Crippen LogP contribution in [0.1, 0.15) is 42.6 Å². The van der Waals surface area contributed by atoms with Crippen molar-refractivity contribution in [2.45, 2.75) is 37.6 Å². The molecule has 1 saturated carbocycles. The van der Waals surface area contributed by atoms with Crippen molar-refractivity contribution < 1.29 is 23.9 Å². The second-order valence-corrected chi connectivity index (χ2v) is 6.04. The molecule has 3 rings (SSSR count). The normalized spacial score (nSPS) is 18.8. The van der Waals surface area contributed by atoms with E-state index in [1.165, 1.54) is 12.3 Å². The maximum Gasteiger partial charge on any atom is 0.357 e. The van der Waals surface area contributed by atoms with Crippen molar-refractivity contribution in [1.29, 1.82) is 0 Å². The number of pyridine rings is 1. The van der Waals surface area contributed by atoms with Gasteiger partial charge < -0.3 is 10.1 Å². The zero-order valence-corrected chi connectivity index (χ0v) is 13.5. The highest BCUT2D eigenvalue weighted by molar-refractivity contribution is 6.08. The number of nitrogens with zero attached hydrogens (tertiary/aromatic N) is 2. The van der Waals surface area contributed by atoms with Gasteiger partial charge in [0.15, 0.2) is 6.61 Å². The predicted octanol–water partition coefficient (Wildman–Crippen LogP) is 0.524. The lowest BCUT2D eigenvalue weighted by molar-refractivity contribution is -0.140. The Kier molecular flexibility index (Phi) is 4.64. The monoisotopic (exact) mass is 346 g/mol. The van der Waals surface area contributed by atoms with Gasteiger partial charge in [-0.25, -0.2) is 14.6 Å². The molecule has 0 radical (unpaired) electrons. The van der Waals surface area contributed by atoms with Crippen LogP contribution in [-0.2, 0) is 14.3 Å². The molecule has 1 aliphatic heterocycles. The summed E-state index contributed by atoms with van der Waals surface area (Å²) in [6.07, 6.45) is 5.23. The largest absolute Gasteiger partial charge is 0.451 e. The van der Waals surface area contributed by atoms with Crippen LogP contribution in [0.5, 0.6) is 0 Å². The molecule has 1 spiro atoms. The third-order valence-corrected chi connectivity index (χ3v) is 4.31. The summed E-state index contributed by atoms with van der Waals surface area (Å²) in [5.41, 5.74) is 1.33. The Balaban J connectivity index is 1.55. The second kappa shape index (κ2) is 6.88. The molecule has 132 valence electrons. The molecule has 0 bridgehead atoms. The first-order valence-electron chi connectivity index (χ1n) is 8.06. The smallest absolute Gasteiger partial charge is 0.357 e. The van der Waals surface area contributed by atoms with Gasteiger partial charge in [-0.3, -0.25) is 15.0 Å². The minimum absolute atomic E-state index is 0.0615. The number of urea groups is 1. The first kappa shape index (κ1) is 16.9. The molecule has 1 saturated heterocycles. The summed E-state index contributed by atoms with van der Waals surface area (Å²) >= 11 is 0. The average Bonchev–Trinajstić information content (AvgIpc) is 2.85. The molecule has 0 aromatic carbocycles. The van der Waals surface area contributed by atoms with Crippen molar-refractivity contribution in [2.24, 2.45) is 0 Å². The van der Waals surface area contributed by atoms with Crippen molar-refractivity contribution in [3.05, 3.63) is 30.1 Å². The summed E-state index contributed by atoms with van der Waals surface area (Å²) in [5.74, 6) is -2.01. The Morgan fingerprint density at radius 1 is 1.24 bits per heavy atom. The van der Waals surface area contributed by atoms with Gasteiger partial charge in [0.2, 0.25) is 0 Å². The van der Waals surface area contributed by atoms with E-state index in [0.717, 1.165) is 19.3 Å². The van der Waals surface area contributed by atoms with E-state index in [4.69, 9.17) is 4.74 Å². The van der Waals surface area contributed by atoms with E-state index in [1.54, 1.807) is 12.1 Å². The molecule has 25 heavy (non-hydrogen) atoms. The van der Waals surface area contributed by atoms with Gasteiger partial charge in [-0.1, -0.05) is 25.3 Å². The number of amides is 4. The summed E-state index contributed by atoms with van der Waals surface area (Å²) in [4.78, 5) is 52.0. The van der Waals surface area contributed by atoms with Gasteiger partial charge >= 0.3 is 12.0 Å². The van der Waals surface area contributed by atoms with Gasteiger partial charge in [0.05, 0.1) is 0 Å². The first-order valence-corrected chi connectivity index (χ1v) is 8.06. The molecular weight excluding hydrogens is 328 g/mol. The molecule has 2 aliphatic rings. The molecule has 2 fully saturated rings. The number of hydrogen-bond donors (Lipinski definition) is 2. The number of carbonyl (C=O) groups excluding carboxylic acids is 4. The van der Waals surface area contributed by atoms with E-state index in [1.807, 2.05) is 0 Å². The second-order valence-electron chi connectivity index (χ2n) is 6.04. The lowest BCUT2D eigenvalue weighted by atomic mass is 9.82. The molecule has 0 atom stereocenters. The average molecular weight is 346 g/mol. The standard InChI is InChI=1S/C16H18N4O5/c21-12(10-25-13(22)11-6-2-5-9-17-11)19-20-14(23)16(18-15(20)24)7-3-1-4-8-16/h2,5-6,9H,1,3-4,7-8,10H2,(H,18,24)(H,19,21). The van der Waals surface area contributed by atoms with Gasteiger partial charge in [-0.05, 0) is 25.0 Å². The Hall–Kier alpha value is -2.97. The molecule has 1 aromatic heterocycles. The van der Waals surface area contributed by atoms with Crippen LogP contribution in [0.4, 0.5) is 4.79 Å². The van der Waals surface area contributed by atoms with E-state index in [-0.39, 0.29) is 5.69 Å². The number of hydrazine groups is 1. The number of nitrogens with one attached hydrogen (secondary N) is 2. The number of ether oxygens (including phenoxy) is 1. The molecular formula is C16H18N4O5. The summed E-state index contributed by atoms with van der Waals surface area (Å²) in [5, 5.41) is 3.34. The van der Waals surface area contributed by atoms with E-state index in [2.05, 4.69) is 15.7 Å². The molecule has 0 unspecified atom stereocenters. The third-order valence-electron chi connectivity index (χ3n) is 4.31. The highest BCUT2D eigenvalue weighted by Crippen LogP contribution is 2.32. The van der Waals surface area contributed by atoms with E-state index in [0.29, 0.717) is 17.9 Å². The fourth-order valence-electron chi connectivity index (χ4n) is 3.06. The quantitative estimate of drug-likeness (QED) is 0.606. The lowest BCUT2D eigenvalue weighted by Crippen LogP contribution is -2.51. The lowest BCUT2D eigenvalue weighted by Gasteiger charge is -2.30. The van der Waals surface area contributed by atoms with Crippen molar-refractivity contribution in [2.75, 3.05) is 6.61 Å². The van der Waals surface area contributed by atoms with Crippen LogP contribution in [0.25, 0.3) is 0 Å². The van der Waals surface area contributed by atoms with Crippen LogP contribution in [0.2, 0.25) is 0 Å². The minimum Gasteiger partial charge on any atom is -0.451 e. The van der Waals surface area contributed by atoms with Gasteiger partial charge in [0.1, 0.15) is 11.2 Å². The summed E-state index contributed by atoms with van der Waals surface area (Å²) in [6.45, 7) is -0.626. The van der Waals surface area contributed by atoms with Crippen LogP contribution < -0.4 is 10.7 Å². The fourth-order valence-corrected chi connectivity index (χ4v) is 3.06. The third kappa shape index (κ3) is 3.44. The highest BCUT2D eigenvalue weighted by Gasteiger charge is 2.52. The van der Waals surface area contributed by atoms with E-state index >= 15 is 0 Å². The van der Waals surface area contributed by atoms with Gasteiger partial charge in [-0.2, -0.15) is 5.01 Å². The van der Waals surface area contributed by atoms with Crippen LogP contribution in [-0.4, -0.2) is 46.0 Å². The van der Waals surface area contributed by atoms with Crippen molar-refractivity contribution in [3.8, 4) is 0 Å². The molecule has 9 nitrogen and oxygen atoms in total. The SMILES string of the molecule is O=C(COC(=O)c1ccccn1)NN1C(=O)NC2(CCCCC2)C1=O. The van der Waals surface area contributed by atoms with Crippen LogP contribution >= 0.6 is 0 Å². The Bertz CT molecular complexity index is 700. The van der Waals surface area contributed by atoms with Crippen LogP contribution in [0.15, 0.2) is 24.4 Å². The Morgan fingerprint density at radius 2 is 2.00 bits per heavy atom. The maximum absolute atomic E-state index is 12.5. The van der Waals surface area contributed by atoms with E-state index < -0.39 is 36.0 Å². The van der Waals surface area contributed by atoms with Crippen LogP contribution in [0.3, 0.4) is 0 Å². The maximum atomic E-state index is 12.5. The molecule has 2 heterocycles. The number of hydrogen-bond acceptors (Lipinski definition) is 6. The fraction of sp³-hybridized carbons (Fsp3) is 0.438. The first-order chi connectivity index (χ1) is 12.0. The van der Waals surface area contributed by atoms with Crippen molar-refractivity contribution in [3.63, 3.8) is 0 Å². The Morgan fingerprint density at radius 3 is 2.68 bits per heavy atom. The number of esters is 1. The summed E-state index contributed by atoms with van der Waals surface area (Å²) in [6, 6.07) is 4.03. The molecule has 4 amide bonds. The topological polar surface area (TPSA) is 118 Å².